The number of halogens is 1. The van der Waals surface area contributed by atoms with Crippen molar-refractivity contribution in [2.75, 3.05) is 24.7 Å². The van der Waals surface area contributed by atoms with Crippen LogP contribution in [-0.2, 0) is 10.0 Å². The zero-order valence-corrected chi connectivity index (χ0v) is 18.5. The van der Waals surface area contributed by atoms with E-state index >= 15 is 0 Å². The summed E-state index contributed by atoms with van der Waals surface area (Å²) in [6, 6.07) is 2.29. The van der Waals surface area contributed by atoms with Crippen molar-refractivity contribution in [3.05, 3.63) is 22.5 Å². The molecule has 3 rings (SSSR count). The first-order valence-corrected chi connectivity index (χ1v) is 11.5. The van der Waals surface area contributed by atoms with Gasteiger partial charge >= 0.3 is 0 Å². The normalized spacial score (nSPS) is 17.1. The molecule has 1 fully saturated rings. The minimum absolute atomic E-state index is 0. The Kier molecular flexibility index (Phi) is 7.11. The fraction of sp³-hybridized carbons (Fsp3) is 0.611. The van der Waals surface area contributed by atoms with Crippen LogP contribution in [0.3, 0.4) is 0 Å². The lowest BCUT2D eigenvalue weighted by Crippen LogP contribution is -2.42. The largest absolute Gasteiger partial charge is 0.412 e. The van der Waals surface area contributed by atoms with E-state index in [-0.39, 0.29) is 17.4 Å². The number of rotatable bonds is 5. The van der Waals surface area contributed by atoms with Crippen LogP contribution in [0.2, 0.25) is 5.02 Å². The number of fused-ring (bicyclic) bond motifs is 1. The van der Waals surface area contributed by atoms with Crippen molar-refractivity contribution < 1.29 is 13.9 Å². The third-order valence-electron chi connectivity index (χ3n) is 5.46. The van der Waals surface area contributed by atoms with Gasteiger partial charge in [-0.2, -0.15) is 5.26 Å². The minimum Gasteiger partial charge on any atom is -0.412 e. The van der Waals surface area contributed by atoms with Crippen molar-refractivity contribution in [1.82, 2.24) is 18.9 Å². The van der Waals surface area contributed by atoms with Gasteiger partial charge in [0.1, 0.15) is 11.6 Å². The number of nitrogens with one attached hydrogen (secondary N) is 1. The second kappa shape index (κ2) is 8.83. The van der Waals surface area contributed by atoms with Crippen LogP contribution in [0.25, 0.3) is 5.52 Å². The van der Waals surface area contributed by atoms with Gasteiger partial charge in [0.05, 0.1) is 28.7 Å². The molecule has 0 aromatic carbocycles. The lowest BCUT2D eigenvalue weighted by atomic mass is 9.93. The summed E-state index contributed by atoms with van der Waals surface area (Å²) in [5, 5.41) is 17.9. The molecule has 0 saturated carbocycles. The van der Waals surface area contributed by atoms with Gasteiger partial charge < -0.3 is 10.8 Å². The molecule has 1 atom stereocenters. The summed E-state index contributed by atoms with van der Waals surface area (Å²) < 4.78 is 26.5. The van der Waals surface area contributed by atoms with Gasteiger partial charge in [-0.15, -0.1) is 5.10 Å². The molecular weight excluding hydrogens is 416 g/mol. The van der Waals surface area contributed by atoms with Crippen LogP contribution in [0.1, 0.15) is 50.8 Å². The van der Waals surface area contributed by atoms with Crippen molar-refractivity contribution in [1.29, 1.82) is 5.26 Å². The number of aromatic nitrogens is 3. The Bertz CT molecular complexity index is 1020. The summed E-state index contributed by atoms with van der Waals surface area (Å²) in [4.78, 5) is 4.35. The maximum Gasteiger partial charge on any atom is 0.241 e. The zero-order valence-electron chi connectivity index (χ0n) is 17.0. The number of nitriles is 1. The molecule has 0 spiro atoms. The fourth-order valence-electron chi connectivity index (χ4n) is 3.45. The lowest BCUT2D eigenvalue weighted by Gasteiger charge is -2.30. The molecule has 1 unspecified atom stereocenters. The molecule has 1 saturated heterocycles. The highest BCUT2D eigenvalue weighted by Crippen LogP contribution is 2.35. The predicted octanol–water partition coefficient (Wildman–Crippen LogP) is 2.03. The van der Waals surface area contributed by atoms with Crippen LogP contribution in [-0.4, -0.2) is 58.2 Å². The molecule has 0 radical (unpaired) electrons. The van der Waals surface area contributed by atoms with Gasteiger partial charge in [-0.1, -0.05) is 32.4 Å². The molecule has 3 heterocycles. The molecule has 11 heteroatoms. The molecule has 2 aromatic rings. The highest BCUT2D eigenvalue weighted by atomic mass is 35.5. The molecule has 29 heavy (non-hydrogen) atoms. The molecule has 1 aliphatic rings. The second-order valence-corrected chi connectivity index (χ2v) is 10.0. The lowest BCUT2D eigenvalue weighted by molar-refractivity contribution is 0.331. The number of hydrogen-bond acceptors (Lipinski definition) is 6. The predicted molar refractivity (Wildman–Crippen MR) is 113 cm³/mol. The van der Waals surface area contributed by atoms with E-state index in [0.717, 1.165) is 5.69 Å². The summed E-state index contributed by atoms with van der Waals surface area (Å²) in [7, 11) is -3.15. The zero-order chi connectivity index (χ0) is 20.6. The van der Waals surface area contributed by atoms with Gasteiger partial charge in [0.25, 0.3) is 0 Å². The first-order valence-electron chi connectivity index (χ1n) is 9.32. The maximum absolute atomic E-state index is 11.7. The van der Waals surface area contributed by atoms with Crippen LogP contribution in [0.5, 0.6) is 0 Å². The summed E-state index contributed by atoms with van der Waals surface area (Å²) in [6.45, 7) is 7.19. The molecule has 1 aliphatic heterocycles. The van der Waals surface area contributed by atoms with E-state index in [1.165, 1.54) is 10.6 Å². The van der Waals surface area contributed by atoms with Crippen molar-refractivity contribution >= 4 is 33.1 Å². The number of piperidine rings is 1. The SMILES string of the molecule is CC(C)C(C)c1c(C#N)c(Cl)c2cnc(NC3CCN(S(C)(=O)=O)CC3)nn12.O. The Morgan fingerprint density at radius 1 is 1.31 bits per heavy atom. The summed E-state index contributed by atoms with van der Waals surface area (Å²) in [6.07, 6.45) is 4.22. The molecule has 0 aliphatic carbocycles. The number of sulfonamides is 1. The van der Waals surface area contributed by atoms with Crippen molar-refractivity contribution in [3.63, 3.8) is 0 Å². The quantitative estimate of drug-likeness (QED) is 0.752. The standard InChI is InChI=1S/C18H25ClN6O2S.H2O/c1-11(2)12(3)17-14(9-20)16(19)15-10-21-18(23-25(15)17)22-13-5-7-24(8-6-13)28(4,26)27;/h10-13H,5-8H2,1-4H3,(H,22,23);1H2. The van der Waals surface area contributed by atoms with Crippen LogP contribution in [0, 0.1) is 17.2 Å². The van der Waals surface area contributed by atoms with E-state index in [4.69, 9.17) is 11.6 Å². The molecule has 160 valence electrons. The smallest absolute Gasteiger partial charge is 0.241 e. The highest BCUT2D eigenvalue weighted by Gasteiger charge is 2.27. The Labute approximate surface area is 176 Å². The number of hydrogen-bond donors (Lipinski definition) is 1. The third-order valence-corrected chi connectivity index (χ3v) is 7.15. The Balaban J connectivity index is 0.00000300. The number of nitrogens with zero attached hydrogens (tertiary/aromatic N) is 5. The van der Waals surface area contributed by atoms with E-state index < -0.39 is 10.0 Å². The van der Waals surface area contributed by atoms with Crippen LogP contribution >= 0.6 is 11.6 Å². The molecular formula is C18H27ClN6O3S. The van der Waals surface area contributed by atoms with Crippen LogP contribution in [0.4, 0.5) is 5.95 Å². The maximum atomic E-state index is 11.7. The Morgan fingerprint density at radius 2 is 1.93 bits per heavy atom. The van der Waals surface area contributed by atoms with Gasteiger partial charge in [-0.05, 0) is 18.8 Å². The second-order valence-electron chi connectivity index (χ2n) is 7.68. The van der Waals surface area contributed by atoms with E-state index in [9.17, 15) is 13.7 Å². The van der Waals surface area contributed by atoms with Gasteiger partial charge in [0, 0.05) is 25.0 Å². The summed E-state index contributed by atoms with van der Waals surface area (Å²) in [5.74, 6) is 0.849. The average molecular weight is 443 g/mol. The number of anilines is 1. The Hall–Kier alpha value is -1.93. The first kappa shape index (κ1) is 23.3. The monoisotopic (exact) mass is 442 g/mol. The first-order chi connectivity index (χ1) is 13.1. The van der Waals surface area contributed by atoms with Gasteiger partial charge in [-0.25, -0.2) is 22.2 Å². The van der Waals surface area contributed by atoms with Crippen molar-refractivity contribution in [3.8, 4) is 6.07 Å². The van der Waals surface area contributed by atoms with E-state index in [1.54, 1.807) is 10.7 Å². The summed E-state index contributed by atoms with van der Waals surface area (Å²) in [5.41, 5.74) is 1.84. The van der Waals surface area contributed by atoms with E-state index in [0.29, 0.717) is 53.9 Å². The van der Waals surface area contributed by atoms with E-state index in [2.05, 4.69) is 42.2 Å². The van der Waals surface area contributed by atoms with Gasteiger partial charge in [0.15, 0.2) is 0 Å². The molecule has 0 bridgehead atoms. The van der Waals surface area contributed by atoms with Crippen LogP contribution in [0.15, 0.2) is 6.20 Å². The van der Waals surface area contributed by atoms with Crippen molar-refractivity contribution in [2.45, 2.75) is 45.6 Å². The van der Waals surface area contributed by atoms with Crippen LogP contribution < -0.4 is 5.32 Å². The van der Waals surface area contributed by atoms with Gasteiger partial charge in [0.2, 0.25) is 16.0 Å². The van der Waals surface area contributed by atoms with Gasteiger partial charge in [-0.3, -0.25) is 0 Å². The average Bonchev–Trinajstić information content (AvgIpc) is 2.92. The Morgan fingerprint density at radius 3 is 2.45 bits per heavy atom. The van der Waals surface area contributed by atoms with E-state index in [1.807, 2.05) is 0 Å². The topological polar surface area (TPSA) is 135 Å². The van der Waals surface area contributed by atoms with Crippen molar-refractivity contribution in [2.24, 2.45) is 5.92 Å². The molecule has 2 aromatic heterocycles. The molecule has 3 N–H and O–H groups in total. The third kappa shape index (κ3) is 4.64. The summed E-state index contributed by atoms with van der Waals surface area (Å²) >= 11 is 6.41. The fourth-order valence-corrected chi connectivity index (χ4v) is 4.60. The molecule has 0 amide bonds. The minimum atomic E-state index is -3.15. The highest BCUT2D eigenvalue weighted by molar-refractivity contribution is 7.88. The molecule has 9 nitrogen and oxygen atoms in total.